The minimum Gasteiger partial charge on any atom is -0.374 e. The van der Waals surface area contributed by atoms with Crippen molar-refractivity contribution in [3.8, 4) is 0 Å². The van der Waals surface area contributed by atoms with E-state index in [-0.39, 0.29) is 0 Å². The highest BCUT2D eigenvalue weighted by Crippen LogP contribution is 2.45. The van der Waals surface area contributed by atoms with Crippen LogP contribution in [0.1, 0.15) is 96.9 Å². The molecule has 0 aliphatic carbocycles. The van der Waals surface area contributed by atoms with E-state index in [4.69, 9.17) is 26.6 Å². The van der Waals surface area contributed by atoms with Crippen LogP contribution in [-0.2, 0) is 26.6 Å². The van der Waals surface area contributed by atoms with E-state index in [2.05, 4.69) is 60.0 Å². The first-order valence-electron chi connectivity index (χ1n) is 15.9. The molecule has 0 aromatic rings. The van der Waals surface area contributed by atoms with Crippen molar-refractivity contribution < 1.29 is 26.6 Å². The molecule has 0 spiro atoms. The van der Waals surface area contributed by atoms with Crippen LogP contribution in [0.25, 0.3) is 0 Å². The Labute approximate surface area is 246 Å². The predicted octanol–water partition coefficient (Wildman–Crippen LogP) is 7.83. The molecule has 0 heterocycles. The SMILES string of the molecule is CCO[Si](CC(C)CN(CC(C)C[Si](OCC)(OCC)OCC)[Si](C(C)C)(C(C)C)C(C)C)(OCC)OCC. The van der Waals surface area contributed by atoms with Gasteiger partial charge in [0.15, 0.2) is 0 Å². The van der Waals surface area contributed by atoms with E-state index in [0.29, 0.717) is 68.1 Å². The average Bonchev–Trinajstić information content (AvgIpc) is 2.79. The normalized spacial score (nSPS) is 15.2. The standard InChI is InChI=1S/C29H67NO6Si3/c1-15-31-37(32-16-2,33-17-3)23-28(13)21-30(39(25(7)8,26(9)10)27(11)12)22-29(14)24-38(34-18-4,35-19-5)36-20-6/h25-29H,15-24H2,1-14H3. The molecule has 0 aliphatic heterocycles. The van der Waals surface area contributed by atoms with Gasteiger partial charge >= 0.3 is 17.6 Å². The first kappa shape index (κ1) is 39.4. The van der Waals surface area contributed by atoms with Gasteiger partial charge in [-0.3, -0.25) is 0 Å². The molecule has 0 rings (SSSR count). The lowest BCUT2D eigenvalue weighted by atomic mass is 10.2. The van der Waals surface area contributed by atoms with Crippen LogP contribution in [0.4, 0.5) is 0 Å². The molecule has 0 bridgehead atoms. The lowest BCUT2D eigenvalue weighted by Crippen LogP contribution is -2.63. The predicted molar refractivity (Wildman–Crippen MR) is 172 cm³/mol. The van der Waals surface area contributed by atoms with Crippen LogP contribution in [0.15, 0.2) is 0 Å². The second-order valence-electron chi connectivity index (χ2n) is 11.8. The van der Waals surface area contributed by atoms with E-state index in [1.54, 1.807) is 0 Å². The van der Waals surface area contributed by atoms with Crippen LogP contribution < -0.4 is 0 Å². The molecule has 0 aromatic heterocycles. The summed E-state index contributed by atoms with van der Waals surface area (Å²) >= 11 is 0. The summed E-state index contributed by atoms with van der Waals surface area (Å²) < 4.78 is 40.5. The lowest BCUT2D eigenvalue weighted by molar-refractivity contribution is 0.0654. The smallest absolute Gasteiger partial charge is 0.374 e. The summed E-state index contributed by atoms with van der Waals surface area (Å²) in [7, 11) is -7.41. The maximum atomic E-state index is 6.26. The molecule has 39 heavy (non-hydrogen) atoms. The quantitative estimate of drug-likeness (QED) is 0.103. The first-order chi connectivity index (χ1) is 18.3. The summed E-state index contributed by atoms with van der Waals surface area (Å²) in [5, 5.41) is 0. The van der Waals surface area contributed by atoms with Gasteiger partial charge < -0.3 is 31.1 Å². The molecule has 7 nitrogen and oxygen atoms in total. The summed E-state index contributed by atoms with van der Waals surface area (Å²) in [6, 6.07) is 1.67. The van der Waals surface area contributed by atoms with Crippen molar-refractivity contribution in [3.05, 3.63) is 0 Å². The van der Waals surface area contributed by atoms with Crippen LogP contribution in [0.3, 0.4) is 0 Å². The van der Waals surface area contributed by atoms with Gasteiger partial charge in [0.2, 0.25) is 0 Å². The van der Waals surface area contributed by atoms with Crippen LogP contribution in [0.5, 0.6) is 0 Å². The number of hydrogen-bond donors (Lipinski definition) is 0. The molecule has 0 saturated heterocycles. The summed E-state index contributed by atoms with van der Waals surface area (Å²) in [6.45, 7) is 37.4. The van der Waals surface area contributed by atoms with Gasteiger partial charge in [-0.05, 0) is 83.1 Å². The van der Waals surface area contributed by atoms with Gasteiger partial charge in [0.05, 0.1) is 0 Å². The molecule has 0 aromatic carbocycles. The molecule has 0 N–H and O–H groups in total. The largest absolute Gasteiger partial charge is 0.501 e. The maximum Gasteiger partial charge on any atom is 0.501 e. The van der Waals surface area contributed by atoms with Gasteiger partial charge in [0.25, 0.3) is 0 Å². The summed E-state index contributed by atoms with van der Waals surface area (Å²) in [4.78, 5) is 0. The van der Waals surface area contributed by atoms with Crippen LogP contribution in [-0.4, -0.2) is 83.1 Å². The van der Waals surface area contributed by atoms with Gasteiger partial charge in [-0.15, -0.1) is 0 Å². The molecule has 2 unspecified atom stereocenters. The zero-order chi connectivity index (χ0) is 30.3. The molecule has 236 valence electrons. The second-order valence-corrected chi connectivity index (χ2v) is 23.0. The van der Waals surface area contributed by atoms with Crippen molar-refractivity contribution in [2.75, 3.05) is 52.7 Å². The topological polar surface area (TPSA) is 58.6 Å². The second kappa shape index (κ2) is 19.5. The van der Waals surface area contributed by atoms with Gasteiger partial charge in [-0.2, -0.15) is 0 Å². The van der Waals surface area contributed by atoms with E-state index in [0.717, 1.165) is 25.2 Å². The molecule has 2 atom stereocenters. The summed E-state index contributed by atoms with van der Waals surface area (Å²) in [5.74, 6) is 0.758. The maximum absolute atomic E-state index is 6.26. The highest BCUT2D eigenvalue weighted by molar-refractivity contribution is 6.81. The van der Waals surface area contributed by atoms with E-state index in [9.17, 15) is 0 Å². The first-order valence-corrected chi connectivity index (χ1v) is 21.9. The van der Waals surface area contributed by atoms with Crippen LogP contribution >= 0.6 is 0 Å². The van der Waals surface area contributed by atoms with Gasteiger partial charge in [-0.1, -0.05) is 55.4 Å². The van der Waals surface area contributed by atoms with Gasteiger partial charge in [0.1, 0.15) is 8.24 Å². The van der Waals surface area contributed by atoms with Crippen molar-refractivity contribution in [1.82, 2.24) is 4.57 Å². The Bertz CT molecular complexity index is 534. The monoisotopic (exact) mass is 609 g/mol. The Hall–Kier alpha value is 0.371. The van der Waals surface area contributed by atoms with Crippen molar-refractivity contribution in [3.63, 3.8) is 0 Å². The Morgan fingerprint density at radius 1 is 0.436 bits per heavy atom. The van der Waals surface area contributed by atoms with E-state index in [1.165, 1.54) is 0 Å². The molecule has 0 aliphatic rings. The zero-order valence-electron chi connectivity index (χ0n) is 28.4. The minimum atomic E-state index is -2.74. The Morgan fingerprint density at radius 2 is 0.667 bits per heavy atom. The fraction of sp³-hybridized carbons (Fsp3) is 1.00. The number of hydrogen-bond acceptors (Lipinski definition) is 7. The Morgan fingerprint density at radius 3 is 0.846 bits per heavy atom. The number of nitrogens with zero attached hydrogens (tertiary/aromatic N) is 1. The Kier molecular flexibility index (Phi) is 19.7. The Balaban J connectivity index is 6.41. The molecule has 0 fully saturated rings. The van der Waals surface area contributed by atoms with E-state index in [1.807, 2.05) is 41.5 Å². The van der Waals surface area contributed by atoms with E-state index >= 15 is 0 Å². The highest BCUT2D eigenvalue weighted by Gasteiger charge is 2.51. The lowest BCUT2D eigenvalue weighted by Gasteiger charge is -2.53. The molecular formula is C29H67NO6Si3. The highest BCUT2D eigenvalue weighted by atomic mass is 28.4. The summed E-state index contributed by atoms with van der Waals surface area (Å²) in [6.07, 6.45) is 0. The van der Waals surface area contributed by atoms with Crippen molar-refractivity contribution in [2.24, 2.45) is 11.8 Å². The van der Waals surface area contributed by atoms with Gasteiger partial charge in [-0.25, -0.2) is 0 Å². The van der Waals surface area contributed by atoms with Crippen LogP contribution in [0.2, 0.25) is 28.7 Å². The van der Waals surface area contributed by atoms with Gasteiger partial charge in [0, 0.05) is 51.7 Å². The number of rotatable bonds is 24. The zero-order valence-corrected chi connectivity index (χ0v) is 31.4. The molecule has 0 radical (unpaired) electrons. The minimum absolute atomic E-state index is 0.379. The van der Waals surface area contributed by atoms with Crippen molar-refractivity contribution in [2.45, 2.75) is 126 Å². The third-order valence-corrected chi connectivity index (χ3v) is 21.5. The third-order valence-electron chi connectivity index (χ3n) is 7.77. The van der Waals surface area contributed by atoms with E-state index < -0.39 is 25.8 Å². The summed E-state index contributed by atoms with van der Waals surface area (Å²) in [5.41, 5.74) is 1.87. The molecule has 0 amide bonds. The van der Waals surface area contributed by atoms with Crippen LogP contribution in [0, 0.1) is 11.8 Å². The van der Waals surface area contributed by atoms with Crippen molar-refractivity contribution in [1.29, 1.82) is 0 Å². The average molecular weight is 610 g/mol. The molecular weight excluding hydrogens is 543 g/mol. The third kappa shape index (κ3) is 11.5. The fourth-order valence-corrected chi connectivity index (χ4v) is 20.4. The molecule has 0 saturated carbocycles. The fourth-order valence-electron chi connectivity index (χ4n) is 7.14. The van der Waals surface area contributed by atoms with Crippen molar-refractivity contribution >= 4 is 25.8 Å². The molecule has 10 heteroatoms.